The molecule has 1 aromatic rings. The Labute approximate surface area is 167 Å². The van der Waals surface area contributed by atoms with Crippen molar-refractivity contribution < 1.29 is 14.3 Å². The molecule has 4 rings (SSSR count). The van der Waals surface area contributed by atoms with Crippen LogP contribution < -0.4 is 15.0 Å². The van der Waals surface area contributed by atoms with Gasteiger partial charge in [0.2, 0.25) is 11.8 Å². The van der Waals surface area contributed by atoms with E-state index in [4.69, 9.17) is 4.74 Å². The van der Waals surface area contributed by atoms with Crippen LogP contribution in [0.15, 0.2) is 24.3 Å². The monoisotopic (exact) mass is 385 g/mol. The molecule has 1 saturated heterocycles. The quantitative estimate of drug-likeness (QED) is 0.846. The zero-order valence-electron chi connectivity index (χ0n) is 16.7. The number of piperazine rings is 1. The minimum Gasteiger partial charge on any atom is -0.497 e. The summed E-state index contributed by atoms with van der Waals surface area (Å²) in [6.07, 6.45) is 5.65. The van der Waals surface area contributed by atoms with Crippen molar-refractivity contribution in [2.75, 3.05) is 38.2 Å². The third-order valence-electron chi connectivity index (χ3n) is 6.40. The molecule has 1 aliphatic heterocycles. The van der Waals surface area contributed by atoms with Gasteiger partial charge in [-0.1, -0.05) is 0 Å². The smallest absolute Gasteiger partial charge is 0.225 e. The van der Waals surface area contributed by atoms with Crippen molar-refractivity contribution in [2.45, 2.75) is 44.6 Å². The Morgan fingerprint density at radius 3 is 2.07 bits per heavy atom. The SMILES string of the molecule is COc1ccc(N2CCN(C(=O)C3CCC(C(=O)NC4CC4)CC3)CC2)cc1. The van der Waals surface area contributed by atoms with Crippen LogP contribution in [0.1, 0.15) is 38.5 Å². The second-order valence-electron chi connectivity index (χ2n) is 8.34. The highest BCUT2D eigenvalue weighted by Crippen LogP contribution is 2.32. The minimum atomic E-state index is 0.0949. The first kappa shape index (κ1) is 19.1. The maximum atomic E-state index is 12.9. The number of ether oxygens (including phenoxy) is 1. The van der Waals surface area contributed by atoms with E-state index < -0.39 is 0 Å². The first-order chi connectivity index (χ1) is 13.6. The number of carbonyl (C=O) groups is 2. The van der Waals surface area contributed by atoms with Gasteiger partial charge in [0.1, 0.15) is 5.75 Å². The molecule has 0 atom stereocenters. The Hall–Kier alpha value is -2.24. The fourth-order valence-corrected chi connectivity index (χ4v) is 4.39. The summed E-state index contributed by atoms with van der Waals surface area (Å²) in [5.74, 6) is 1.56. The van der Waals surface area contributed by atoms with E-state index >= 15 is 0 Å². The molecule has 28 heavy (non-hydrogen) atoms. The molecule has 6 nitrogen and oxygen atoms in total. The van der Waals surface area contributed by atoms with Crippen LogP contribution >= 0.6 is 0 Å². The van der Waals surface area contributed by atoms with Gasteiger partial charge >= 0.3 is 0 Å². The van der Waals surface area contributed by atoms with E-state index in [-0.39, 0.29) is 23.7 Å². The summed E-state index contributed by atoms with van der Waals surface area (Å²) in [5.41, 5.74) is 1.18. The molecular formula is C22H31N3O3. The van der Waals surface area contributed by atoms with E-state index in [0.29, 0.717) is 6.04 Å². The highest BCUT2D eigenvalue weighted by molar-refractivity contribution is 5.81. The summed E-state index contributed by atoms with van der Waals surface area (Å²) in [7, 11) is 1.67. The van der Waals surface area contributed by atoms with Gasteiger partial charge in [0.15, 0.2) is 0 Å². The third kappa shape index (κ3) is 4.42. The highest BCUT2D eigenvalue weighted by Gasteiger charge is 2.34. The molecule has 0 spiro atoms. The Balaban J connectivity index is 1.23. The van der Waals surface area contributed by atoms with E-state index in [1.54, 1.807) is 7.11 Å². The van der Waals surface area contributed by atoms with E-state index in [1.165, 1.54) is 5.69 Å². The lowest BCUT2D eigenvalue weighted by Gasteiger charge is -2.38. The number of carbonyl (C=O) groups excluding carboxylic acids is 2. The van der Waals surface area contributed by atoms with Gasteiger partial charge in [-0.2, -0.15) is 0 Å². The lowest BCUT2D eigenvalue weighted by molar-refractivity contribution is -0.138. The van der Waals surface area contributed by atoms with Crippen LogP contribution in [0.3, 0.4) is 0 Å². The molecule has 0 unspecified atom stereocenters. The lowest BCUT2D eigenvalue weighted by Crippen LogP contribution is -2.51. The van der Waals surface area contributed by atoms with Crippen LogP contribution in [0.2, 0.25) is 0 Å². The van der Waals surface area contributed by atoms with E-state index in [9.17, 15) is 9.59 Å². The molecule has 6 heteroatoms. The molecule has 0 bridgehead atoms. The third-order valence-corrected chi connectivity index (χ3v) is 6.40. The van der Waals surface area contributed by atoms with Crippen LogP contribution in [0.4, 0.5) is 5.69 Å². The molecule has 0 aromatic heterocycles. The van der Waals surface area contributed by atoms with Crippen molar-refractivity contribution in [3.63, 3.8) is 0 Å². The first-order valence-corrected chi connectivity index (χ1v) is 10.6. The number of hydrogen-bond acceptors (Lipinski definition) is 4. The predicted molar refractivity (Wildman–Crippen MR) is 108 cm³/mol. The summed E-state index contributed by atoms with van der Waals surface area (Å²) < 4.78 is 5.22. The topological polar surface area (TPSA) is 61.9 Å². The van der Waals surface area contributed by atoms with Crippen molar-refractivity contribution in [3.8, 4) is 5.75 Å². The van der Waals surface area contributed by atoms with Gasteiger partial charge in [0.25, 0.3) is 0 Å². The summed E-state index contributed by atoms with van der Waals surface area (Å²) in [6, 6.07) is 8.53. The van der Waals surface area contributed by atoms with Crippen molar-refractivity contribution in [3.05, 3.63) is 24.3 Å². The minimum absolute atomic E-state index is 0.0949. The molecule has 152 valence electrons. The second-order valence-corrected chi connectivity index (χ2v) is 8.34. The largest absolute Gasteiger partial charge is 0.497 e. The summed E-state index contributed by atoms with van der Waals surface area (Å²) >= 11 is 0. The number of hydrogen-bond donors (Lipinski definition) is 1. The van der Waals surface area contributed by atoms with Gasteiger partial charge in [-0.15, -0.1) is 0 Å². The number of amides is 2. The molecule has 3 aliphatic rings. The van der Waals surface area contributed by atoms with Gasteiger partial charge in [-0.25, -0.2) is 0 Å². The van der Waals surface area contributed by atoms with E-state index in [2.05, 4.69) is 22.3 Å². The molecule has 1 heterocycles. The second kappa shape index (κ2) is 8.41. The van der Waals surface area contributed by atoms with E-state index in [0.717, 1.165) is 70.5 Å². The number of rotatable bonds is 5. The van der Waals surface area contributed by atoms with Crippen LogP contribution in [0, 0.1) is 11.8 Å². The maximum absolute atomic E-state index is 12.9. The molecule has 1 N–H and O–H groups in total. The number of benzene rings is 1. The Bertz CT molecular complexity index is 685. The van der Waals surface area contributed by atoms with Gasteiger partial charge < -0.3 is 19.9 Å². The first-order valence-electron chi connectivity index (χ1n) is 10.6. The van der Waals surface area contributed by atoms with Crippen molar-refractivity contribution in [2.24, 2.45) is 11.8 Å². The van der Waals surface area contributed by atoms with Gasteiger partial charge in [0.05, 0.1) is 7.11 Å². The molecule has 2 aliphatic carbocycles. The maximum Gasteiger partial charge on any atom is 0.225 e. The average molecular weight is 386 g/mol. The fraction of sp³-hybridized carbons (Fsp3) is 0.636. The lowest BCUT2D eigenvalue weighted by atomic mass is 9.81. The molecule has 1 aromatic carbocycles. The average Bonchev–Trinajstić information content (AvgIpc) is 3.57. The van der Waals surface area contributed by atoms with Crippen LogP contribution in [0.25, 0.3) is 0 Å². The number of methoxy groups -OCH3 is 1. The Morgan fingerprint density at radius 1 is 0.893 bits per heavy atom. The van der Waals surface area contributed by atoms with E-state index in [1.807, 2.05) is 17.0 Å². The van der Waals surface area contributed by atoms with Crippen molar-refractivity contribution >= 4 is 17.5 Å². The standard InChI is InChI=1S/C22H31N3O3/c1-28-20-10-8-19(9-11-20)24-12-14-25(15-13-24)22(27)17-4-2-16(3-5-17)21(26)23-18-6-7-18/h8-11,16-18H,2-7,12-15H2,1H3,(H,23,26). The molecule has 2 saturated carbocycles. The van der Waals surface area contributed by atoms with Gasteiger partial charge in [-0.3, -0.25) is 9.59 Å². The molecule has 3 fully saturated rings. The fourth-order valence-electron chi connectivity index (χ4n) is 4.39. The predicted octanol–water partition coefficient (Wildman–Crippen LogP) is 2.43. The summed E-state index contributed by atoms with van der Waals surface area (Å²) in [5, 5.41) is 3.11. The normalized spacial score (nSPS) is 25.3. The molecular weight excluding hydrogens is 354 g/mol. The van der Waals surface area contributed by atoms with Gasteiger partial charge in [-0.05, 0) is 62.8 Å². The number of nitrogens with zero attached hydrogens (tertiary/aromatic N) is 2. The highest BCUT2D eigenvalue weighted by atomic mass is 16.5. The zero-order chi connectivity index (χ0) is 19.5. The van der Waals surface area contributed by atoms with Crippen molar-refractivity contribution in [1.29, 1.82) is 0 Å². The van der Waals surface area contributed by atoms with Gasteiger partial charge in [0, 0.05) is 49.7 Å². The summed E-state index contributed by atoms with van der Waals surface area (Å²) in [6.45, 7) is 3.26. The van der Waals surface area contributed by atoms with Crippen molar-refractivity contribution in [1.82, 2.24) is 10.2 Å². The number of anilines is 1. The molecule has 0 radical (unpaired) electrons. The number of nitrogens with one attached hydrogen (secondary N) is 1. The Morgan fingerprint density at radius 2 is 1.50 bits per heavy atom. The zero-order valence-corrected chi connectivity index (χ0v) is 16.7. The molecule has 2 amide bonds. The van der Waals surface area contributed by atoms with Crippen LogP contribution in [-0.2, 0) is 9.59 Å². The van der Waals surface area contributed by atoms with Crippen LogP contribution in [-0.4, -0.2) is 56.0 Å². The Kier molecular flexibility index (Phi) is 5.74. The van der Waals surface area contributed by atoms with Crippen LogP contribution in [0.5, 0.6) is 5.75 Å². The summed E-state index contributed by atoms with van der Waals surface area (Å²) in [4.78, 5) is 29.5.